The van der Waals surface area contributed by atoms with Crippen molar-refractivity contribution in [3.8, 4) is 0 Å². The van der Waals surface area contributed by atoms with Crippen molar-refractivity contribution in [3.63, 3.8) is 0 Å². The number of nitrogens with zero attached hydrogens (tertiary/aromatic N) is 3. The van der Waals surface area contributed by atoms with Gasteiger partial charge in [-0.15, -0.1) is 11.6 Å². The van der Waals surface area contributed by atoms with Gasteiger partial charge in [-0.2, -0.15) is 0 Å². The van der Waals surface area contributed by atoms with Gasteiger partial charge in [0.05, 0.1) is 18.5 Å². The number of aromatic nitrogens is 3. The average molecular weight is 254 g/mol. The Morgan fingerprint density at radius 3 is 2.94 bits per heavy atom. The van der Waals surface area contributed by atoms with Gasteiger partial charge in [-0.1, -0.05) is 0 Å². The molecule has 2 rings (SSSR count). The number of imidazole rings is 1. The van der Waals surface area contributed by atoms with Crippen molar-refractivity contribution in [2.75, 3.05) is 7.11 Å². The number of aryl methyl sites for hydroxylation is 1. The monoisotopic (exact) mass is 253 g/mol. The summed E-state index contributed by atoms with van der Waals surface area (Å²) in [7, 11) is 1.70. The predicted octanol–water partition coefficient (Wildman–Crippen LogP) is 2.51. The summed E-state index contributed by atoms with van der Waals surface area (Å²) in [6.45, 7) is 4.73. The van der Waals surface area contributed by atoms with Crippen LogP contribution in [0.4, 0.5) is 0 Å². The summed E-state index contributed by atoms with van der Waals surface area (Å²) >= 11 is 5.92. The third-order valence-electron chi connectivity index (χ3n) is 2.76. The maximum atomic E-state index is 5.92. The Hall–Kier alpha value is -1.13. The highest BCUT2D eigenvalue weighted by Gasteiger charge is 2.13. The first-order valence-corrected chi connectivity index (χ1v) is 6.09. The molecule has 0 radical (unpaired) electrons. The third kappa shape index (κ3) is 2.42. The zero-order valence-corrected chi connectivity index (χ0v) is 11.0. The van der Waals surface area contributed by atoms with Crippen LogP contribution in [0.25, 0.3) is 11.2 Å². The van der Waals surface area contributed by atoms with E-state index in [-0.39, 0.29) is 6.10 Å². The van der Waals surface area contributed by atoms with Crippen LogP contribution in [0.2, 0.25) is 0 Å². The highest BCUT2D eigenvalue weighted by Crippen LogP contribution is 2.17. The van der Waals surface area contributed by atoms with Crippen molar-refractivity contribution >= 4 is 22.8 Å². The summed E-state index contributed by atoms with van der Waals surface area (Å²) in [4.78, 5) is 8.92. The summed E-state index contributed by atoms with van der Waals surface area (Å²) in [5.41, 5.74) is 2.86. The number of alkyl halides is 1. The molecule has 0 spiro atoms. The van der Waals surface area contributed by atoms with Gasteiger partial charge in [0.2, 0.25) is 0 Å². The van der Waals surface area contributed by atoms with Crippen LogP contribution in [-0.2, 0) is 17.2 Å². The summed E-state index contributed by atoms with van der Waals surface area (Å²) in [5.74, 6) is 1.22. The number of rotatable bonds is 4. The molecule has 2 heterocycles. The number of hydrogen-bond acceptors (Lipinski definition) is 3. The number of methoxy groups -OCH3 is 1. The molecule has 4 nitrogen and oxygen atoms in total. The van der Waals surface area contributed by atoms with Crippen molar-refractivity contribution in [3.05, 3.63) is 23.7 Å². The summed E-state index contributed by atoms with van der Waals surface area (Å²) in [6.07, 6.45) is 1.95. The molecule has 0 fully saturated rings. The summed E-state index contributed by atoms with van der Waals surface area (Å²) in [6, 6.07) is 2.02. The maximum Gasteiger partial charge on any atom is 0.160 e. The average Bonchev–Trinajstić information content (AvgIpc) is 2.66. The topological polar surface area (TPSA) is 39.9 Å². The Kier molecular flexibility index (Phi) is 3.64. The first kappa shape index (κ1) is 12.3. The van der Waals surface area contributed by atoms with Crippen molar-refractivity contribution in [1.29, 1.82) is 0 Å². The van der Waals surface area contributed by atoms with E-state index in [0.29, 0.717) is 12.4 Å². The molecule has 0 N–H and O–H groups in total. The molecule has 5 heteroatoms. The molecule has 2 aromatic rings. The van der Waals surface area contributed by atoms with Crippen LogP contribution >= 0.6 is 11.6 Å². The van der Waals surface area contributed by atoms with Gasteiger partial charge in [0.25, 0.3) is 0 Å². The van der Waals surface area contributed by atoms with Gasteiger partial charge >= 0.3 is 0 Å². The van der Waals surface area contributed by atoms with Crippen molar-refractivity contribution < 1.29 is 4.74 Å². The zero-order chi connectivity index (χ0) is 12.4. The molecule has 0 aliphatic carbocycles. The predicted molar refractivity (Wildman–Crippen MR) is 68.3 cm³/mol. The largest absolute Gasteiger partial charge is 0.380 e. The number of pyridine rings is 1. The van der Waals surface area contributed by atoms with Gasteiger partial charge in [0, 0.05) is 13.3 Å². The van der Waals surface area contributed by atoms with Crippen molar-refractivity contribution in [2.45, 2.75) is 32.4 Å². The third-order valence-corrected chi connectivity index (χ3v) is 3.00. The lowest BCUT2D eigenvalue weighted by molar-refractivity contribution is 0.103. The van der Waals surface area contributed by atoms with Crippen LogP contribution in [0.3, 0.4) is 0 Å². The molecule has 1 unspecified atom stereocenters. The van der Waals surface area contributed by atoms with E-state index in [0.717, 1.165) is 22.6 Å². The Morgan fingerprint density at radius 2 is 2.29 bits per heavy atom. The smallest absolute Gasteiger partial charge is 0.160 e. The number of fused-ring (bicyclic) bond motifs is 1. The van der Waals surface area contributed by atoms with Crippen LogP contribution in [0.5, 0.6) is 0 Å². The first-order valence-electron chi connectivity index (χ1n) is 5.56. The zero-order valence-electron chi connectivity index (χ0n) is 10.3. The molecule has 0 aliphatic heterocycles. The van der Waals surface area contributed by atoms with E-state index in [1.807, 2.05) is 30.7 Å². The van der Waals surface area contributed by atoms with Gasteiger partial charge in [0.15, 0.2) is 5.65 Å². The number of hydrogen-bond donors (Lipinski definition) is 0. The molecule has 1 atom stereocenters. The lowest BCUT2D eigenvalue weighted by atomic mass is 10.3. The Labute approximate surface area is 106 Å². The number of halogens is 1. The first-order chi connectivity index (χ1) is 8.15. The standard InChI is InChI=1S/C12H16ClN3O/c1-8-4-10-12(14-6-8)16(7-9(2)17-3)11(5-13)15-10/h4,6,9H,5,7H2,1-3H3. The molecule has 0 aliphatic rings. The Balaban J connectivity index is 2.50. The van der Waals surface area contributed by atoms with E-state index in [2.05, 4.69) is 9.97 Å². The van der Waals surface area contributed by atoms with Crippen LogP contribution < -0.4 is 0 Å². The van der Waals surface area contributed by atoms with Crippen LogP contribution in [0.15, 0.2) is 12.3 Å². The Bertz CT molecular complexity index is 524. The van der Waals surface area contributed by atoms with E-state index >= 15 is 0 Å². The van der Waals surface area contributed by atoms with Gasteiger partial charge in [-0.25, -0.2) is 9.97 Å². The van der Waals surface area contributed by atoms with Crippen molar-refractivity contribution in [2.24, 2.45) is 0 Å². The van der Waals surface area contributed by atoms with E-state index in [1.165, 1.54) is 0 Å². The second-order valence-corrected chi connectivity index (χ2v) is 4.44. The normalized spacial score (nSPS) is 13.2. The van der Waals surface area contributed by atoms with Gasteiger partial charge in [-0.05, 0) is 25.5 Å². The van der Waals surface area contributed by atoms with Gasteiger partial charge < -0.3 is 9.30 Å². The molecule has 0 saturated carbocycles. The lowest BCUT2D eigenvalue weighted by Gasteiger charge is -2.12. The second kappa shape index (κ2) is 5.02. The highest BCUT2D eigenvalue weighted by molar-refractivity contribution is 6.16. The molecular weight excluding hydrogens is 238 g/mol. The molecule has 0 amide bonds. The fraction of sp³-hybridized carbons (Fsp3) is 0.500. The molecule has 0 aromatic carbocycles. The summed E-state index contributed by atoms with van der Waals surface area (Å²) < 4.78 is 7.30. The van der Waals surface area contributed by atoms with Gasteiger partial charge in [-0.3, -0.25) is 0 Å². The minimum Gasteiger partial charge on any atom is -0.380 e. The molecule has 17 heavy (non-hydrogen) atoms. The van der Waals surface area contributed by atoms with Crippen LogP contribution in [0.1, 0.15) is 18.3 Å². The lowest BCUT2D eigenvalue weighted by Crippen LogP contribution is -2.16. The van der Waals surface area contributed by atoms with Crippen LogP contribution in [-0.4, -0.2) is 27.7 Å². The van der Waals surface area contributed by atoms with Crippen molar-refractivity contribution in [1.82, 2.24) is 14.5 Å². The maximum absolute atomic E-state index is 5.92. The highest BCUT2D eigenvalue weighted by atomic mass is 35.5. The molecule has 92 valence electrons. The van der Waals surface area contributed by atoms with E-state index in [9.17, 15) is 0 Å². The number of ether oxygens (including phenoxy) is 1. The molecule has 2 aromatic heterocycles. The SMILES string of the molecule is COC(C)Cn1c(CCl)nc2cc(C)cnc21. The fourth-order valence-corrected chi connectivity index (χ4v) is 1.99. The molecule has 0 bridgehead atoms. The van der Waals surface area contributed by atoms with Gasteiger partial charge in [0.1, 0.15) is 11.3 Å². The minimum atomic E-state index is 0.109. The second-order valence-electron chi connectivity index (χ2n) is 4.17. The quantitative estimate of drug-likeness (QED) is 0.786. The summed E-state index contributed by atoms with van der Waals surface area (Å²) in [5, 5.41) is 0. The fourth-order valence-electron chi connectivity index (χ4n) is 1.78. The van der Waals surface area contributed by atoms with E-state index < -0.39 is 0 Å². The van der Waals surface area contributed by atoms with Crippen LogP contribution in [0, 0.1) is 6.92 Å². The minimum absolute atomic E-state index is 0.109. The molecule has 0 saturated heterocycles. The van der Waals surface area contributed by atoms with E-state index in [4.69, 9.17) is 16.3 Å². The Morgan fingerprint density at radius 1 is 1.53 bits per heavy atom. The molecular formula is C12H16ClN3O. The van der Waals surface area contributed by atoms with E-state index in [1.54, 1.807) is 7.11 Å².